The summed E-state index contributed by atoms with van der Waals surface area (Å²) < 4.78 is 0. The van der Waals surface area contributed by atoms with Gasteiger partial charge in [-0.15, -0.1) is 0 Å². The van der Waals surface area contributed by atoms with Crippen molar-refractivity contribution in [2.45, 2.75) is 5.41 Å². The molecular formula is C65H43N. The molecule has 0 amide bonds. The predicted octanol–water partition coefficient (Wildman–Crippen LogP) is 17.3. The Kier molecular flexibility index (Phi) is 8.82. The van der Waals surface area contributed by atoms with Crippen LogP contribution in [0.5, 0.6) is 0 Å². The molecule has 0 saturated heterocycles. The quantitative estimate of drug-likeness (QED) is 0.155. The summed E-state index contributed by atoms with van der Waals surface area (Å²) in [5.74, 6) is 0. The second kappa shape index (κ2) is 15.3. The van der Waals surface area contributed by atoms with E-state index in [-0.39, 0.29) is 0 Å². The van der Waals surface area contributed by atoms with Gasteiger partial charge >= 0.3 is 0 Å². The molecule has 0 aromatic heterocycles. The fraction of sp³-hybridized carbons (Fsp3) is 0.0154. The van der Waals surface area contributed by atoms with Crippen LogP contribution in [0.2, 0.25) is 0 Å². The maximum Gasteiger partial charge on any atom is 0.0726 e. The first-order chi connectivity index (χ1) is 32.7. The average molecular weight is 838 g/mol. The molecule has 1 heteroatoms. The summed E-state index contributed by atoms with van der Waals surface area (Å²) in [5, 5.41) is 2.51. The molecule has 11 aromatic carbocycles. The largest absolute Gasteiger partial charge is 0.310 e. The van der Waals surface area contributed by atoms with Crippen molar-refractivity contribution >= 4 is 27.8 Å². The number of fused-ring (bicyclic) bond motifs is 11. The van der Waals surface area contributed by atoms with Crippen molar-refractivity contribution in [1.82, 2.24) is 0 Å². The van der Waals surface area contributed by atoms with Crippen LogP contribution < -0.4 is 4.90 Å². The van der Waals surface area contributed by atoms with Gasteiger partial charge in [0.15, 0.2) is 0 Å². The molecule has 0 fully saturated rings. The molecule has 13 rings (SSSR count). The fourth-order valence-electron chi connectivity index (χ4n) is 11.0. The standard InChI is InChI=1S/C65H43N/c1-4-15-44(16-5-1)47-27-29-48(30-28-47)50-33-38-55(39-34-50)66(54-36-31-49(32-37-54)45-17-6-2-7-18-45)63-26-14-25-60-64(63)57-40-35-53(46-19-8-3-9-20-46)43-61(57)65(60)59-24-13-12-23-56(59)58-41-51-21-10-11-22-52(51)42-62(58)65/h1-43H. The van der Waals surface area contributed by atoms with Crippen molar-refractivity contribution in [3.05, 3.63) is 283 Å². The van der Waals surface area contributed by atoms with Crippen molar-refractivity contribution in [3.63, 3.8) is 0 Å². The highest BCUT2D eigenvalue weighted by molar-refractivity contribution is 6.04. The second-order valence-corrected chi connectivity index (χ2v) is 17.6. The average Bonchev–Trinajstić information content (AvgIpc) is 3.86. The van der Waals surface area contributed by atoms with Crippen LogP contribution >= 0.6 is 0 Å². The molecule has 0 N–H and O–H groups in total. The third-order valence-corrected chi connectivity index (χ3v) is 14.1. The highest BCUT2D eigenvalue weighted by Crippen LogP contribution is 2.65. The monoisotopic (exact) mass is 837 g/mol. The van der Waals surface area contributed by atoms with Crippen molar-refractivity contribution in [1.29, 1.82) is 0 Å². The number of anilines is 3. The summed E-state index contributed by atoms with van der Waals surface area (Å²) in [4.78, 5) is 2.48. The number of nitrogens with zero attached hydrogens (tertiary/aromatic N) is 1. The molecule has 2 aliphatic rings. The molecule has 0 radical (unpaired) electrons. The Bertz CT molecular complexity index is 3590. The van der Waals surface area contributed by atoms with Crippen LogP contribution in [0.25, 0.3) is 77.5 Å². The summed E-state index contributed by atoms with van der Waals surface area (Å²) in [6.45, 7) is 0. The zero-order chi connectivity index (χ0) is 43.6. The van der Waals surface area contributed by atoms with Gasteiger partial charge in [-0.05, 0) is 143 Å². The molecular weight excluding hydrogens is 795 g/mol. The number of benzene rings is 11. The van der Waals surface area contributed by atoms with Gasteiger partial charge in [0.1, 0.15) is 0 Å². The van der Waals surface area contributed by atoms with Crippen molar-refractivity contribution in [2.24, 2.45) is 0 Å². The first kappa shape index (κ1) is 38.0. The first-order valence-corrected chi connectivity index (χ1v) is 22.9. The van der Waals surface area contributed by atoms with E-state index in [0.29, 0.717) is 0 Å². The topological polar surface area (TPSA) is 3.24 Å². The normalized spacial score (nSPS) is 14.1. The summed E-state index contributed by atoms with van der Waals surface area (Å²) in [5.41, 5.74) is 22.9. The zero-order valence-electron chi connectivity index (χ0n) is 36.3. The molecule has 11 aromatic rings. The Morgan fingerprint density at radius 1 is 0.242 bits per heavy atom. The van der Waals surface area contributed by atoms with Crippen molar-refractivity contribution in [2.75, 3.05) is 4.90 Å². The molecule has 0 bridgehead atoms. The van der Waals surface area contributed by atoms with Crippen molar-refractivity contribution in [3.8, 4) is 66.8 Å². The van der Waals surface area contributed by atoms with E-state index in [0.717, 1.165) is 17.1 Å². The van der Waals surface area contributed by atoms with Gasteiger partial charge in [-0.3, -0.25) is 0 Å². The molecule has 0 heterocycles. The minimum absolute atomic E-state index is 0.542. The smallest absolute Gasteiger partial charge is 0.0726 e. The SMILES string of the molecule is c1ccc(-c2ccc(-c3ccc(N(c4ccc(-c5ccccc5)cc4)c4cccc5c4-c4ccc(-c6ccccc6)cc4C54c5ccccc5-c5cc6ccccc6cc54)cc3)cc2)cc1. The van der Waals surface area contributed by atoms with Gasteiger partial charge in [0.2, 0.25) is 0 Å². The van der Waals surface area contributed by atoms with E-state index in [1.54, 1.807) is 0 Å². The lowest BCUT2D eigenvalue weighted by Gasteiger charge is -2.32. The number of rotatable bonds is 7. The minimum atomic E-state index is -0.542. The molecule has 1 unspecified atom stereocenters. The van der Waals surface area contributed by atoms with Gasteiger partial charge < -0.3 is 4.90 Å². The molecule has 1 spiro atoms. The molecule has 2 aliphatic carbocycles. The first-order valence-electron chi connectivity index (χ1n) is 22.9. The third kappa shape index (κ3) is 5.94. The summed E-state index contributed by atoms with van der Waals surface area (Å²) in [6, 6.07) is 96.4. The maximum atomic E-state index is 2.49. The van der Waals surface area contributed by atoms with Crippen LogP contribution in [0.4, 0.5) is 17.1 Å². The van der Waals surface area contributed by atoms with E-state index in [1.807, 2.05) is 0 Å². The summed E-state index contributed by atoms with van der Waals surface area (Å²) in [7, 11) is 0. The molecule has 66 heavy (non-hydrogen) atoms. The van der Waals surface area contributed by atoms with Crippen LogP contribution in [0.3, 0.4) is 0 Å². The molecule has 1 nitrogen and oxygen atoms in total. The van der Waals surface area contributed by atoms with Crippen molar-refractivity contribution < 1.29 is 0 Å². The van der Waals surface area contributed by atoms with Crippen LogP contribution in [0, 0.1) is 0 Å². The minimum Gasteiger partial charge on any atom is -0.310 e. The Morgan fingerprint density at radius 2 is 0.667 bits per heavy atom. The van der Waals surface area contributed by atoms with E-state index in [4.69, 9.17) is 0 Å². The maximum absolute atomic E-state index is 2.49. The van der Waals surface area contributed by atoms with E-state index in [2.05, 4.69) is 266 Å². The fourth-order valence-corrected chi connectivity index (χ4v) is 11.0. The summed E-state index contributed by atoms with van der Waals surface area (Å²) >= 11 is 0. The molecule has 0 saturated carbocycles. The van der Waals surface area contributed by atoms with E-state index >= 15 is 0 Å². The van der Waals surface area contributed by atoms with Gasteiger partial charge in [0.25, 0.3) is 0 Å². The lowest BCUT2D eigenvalue weighted by atomic mass is 9.70. The van der Waals surface area contributed by atoms with Crippen LogP contribution in [0.1, 0.15) is 22.3 Å². The number of hydrogen-bond donors (Lipinski definition) is 0. The van der Waals surface area contributed by atoms with Crippen LogP contribution in [-0.4, -0.2) is 0 Å². The highest BCUT2D eigenvalue weighted by atomic mass is 15.1. The Balaban J connectivity index is 1.04. The zero-order valence-corrected chi connectivity index (χ0v) is 36.3. The van der Waals surface area contributed by atoms with Crippen LogP contribution in [0.15, 0.2) is 261 Å². The Hall–Kier alpha value is -8.52. The lowest BCUT2D eigenvalue weighted by molar-refractivity contribution is 0.795. The van der Waals surface area contributed by atoms with Gasteiger partial charge in [-0.25, -0.2) is 0 Å². The van der Waals surface area contributed by atoms with Gasteiger partial charge in [-0.2, -0.15) is 0 Å². The third-order valence-electron chi connectivity index (χ3n) is 14.1. The van der Waals surface area contributed by atoms with Gasteiger partial charge in [-0.1, -0.05) is 212 Å². The highest BCUT2D eigenvalue weighted by Gasteiger charge is 2.52. The number of hydrogen-bond acceptors (Lipinski definition) is 1. The second-order valence-electron chi connectivity index (χ2n) is 17.6. The molecule has 0 aliphatic heterocycles. The van der Waals surface area contributed by atoms with E-state index in [9.17, 15) is 0 Å². The van der Waals surface area contributed by atoms with Gasteiger partial charge in [0, 0.05) is 16.9 Å². The predicted molar refractivity (Wildman–Crippen MR) is 277 cm³/mol. The summed E-state index contributed by atoms with van der Waals surface area (Å²) in [6.07, 6.45) is 0. The Morgan fingerprint density at radius 3 is 1.24 bits per heavy atom. The van der Waals surface area contributed by atoms with E-state index in [1.165, 1.54) is 99.8 Å². The van der Waals surface area contributed by atoms with E-state index < -0.39 is 5.41 Å². The Labute approximate surface area is 386 Å². The molecule has 1 atom stereocenters. The molecule has 308 valence electrons. The van der Waals surface area contributed by atoms with Gasteiger partial charge in [0.05, 0.1) is 11.1 Å². The lowest BCUT2D eigenvalue weighted by Crippen LogP contribution is -2.26. The van der Waals surface area contributed by atoms with Crippen LogP contribution in [-0.2, 0) is 5.41 Å².